The summed E-state index contributed by atoms with van der Waals surface area (Å²) in [5, 5.41) is 5.81. The summed E-state index contributed by atoms with van der Waals surface area (Å²) in [7, 11) is 0. The van der Waals surface area contributed by atoms with Gasteiger partial charge in [0.15, 0.2) is 0 Å². The van der Waals surface area contributed by atoms with E-state index in [4.69, 9.17) is 0 Å². The van der Waals surface area contributed by atoms with Gasteiger partial charge < -0.3 is 10.2 Å². The van der Waals surface area contributed by atoms with Gasteiger partial charge in [-0.15, -0.1) is 0 Å². The quantitative estimate of drug-likeness (QED) is 0.806. The van der Waals surface area contributed by atoms with Crippen LogP contribution in [0.15, 0.2) is 36.4 Å². The summed E-state index contributed by atoms with van der Waals surface area (Å²) in [5.41, 5.74) is 3.33. The monoisotopic (exact) mass is 405 g/mol. The fourth-order valence-corrected chi connectivity index (χ4v) is 4.93. The van der Waals surface area contributed by atoms with E-state index < -0.39 is 0 Å². The topological polar surface area (TPSA) is 77.6 Å². The van der Waals surface area contributed by atoms with Crippen molar-refractivity contribution in [2.45, 2.75) is 44.7 Å². The number of likely N-dealkylation sites (tertiary alicyclic amines) is 1. The number of rotatable bonds is 4. The summed E-state index contributed by atoms with van der Waals surface area (Å²) in [5.74, 6) is 0.613. The largest absolute Gasteiger partial charge is 0.331 e. The number of anilines is 2. The molecule has 4 heterocycles. The minimum absolute atomic E-state index is 0.0691. The van der Waals surface area contributed by atoms with Gasteiger partial charge in [0.25, 0.3) is 5.91 Å². The maximum absolute atomic E-state index is 12.7. The predicted octanol–water partition coefficient (Wildman–Crippen LogP) is 4.00. The normalized spacial score (nSPS) is 20.7. The average molecular weight is 406 g/mol. The van der Waals surface area contributed by atoms with Crippen LogP contribution in [0.2, 0.25) is 0 Å². The van der Waals surface area contributed by atoms with Crippen molar-refractivity contribution >= 4 is 23.4 Å². The third-order valence-corrected chi connectivity index (χ3v) is 6.31. The van der Waals surface area contributed by atoms with Gasteiger partial charge in [-0.3, -0.25) is 15.0 Å². The smallest absolute Gasteiger partial charge is 0.324 e. The van der Waals surface area contributed by atoms with E-state index in [1.807, 2.05) is 35.2 Å². The molecule has 0 spiro atoms. The second-order valence-corrected chi connectivity index (χ2v) is 8.35. The Morgan fingerprint density at radius 1 is 1.00 bits per heavy atom. The summed E-state index contributed by atoms with van der Waals surface area (Å²) in [6.45, 7) is 3.81. The van der Waals surface area contributed by atoms with Crippen LogP contribution in [0.4, 0.5) is 16.3 Å². The molecule has 3 aliphatic heterocycles. The summed E-state index contributed by atoms with van der Waals surface area (Å²) >= 11 is 0. The van der Waals surface area contributed by atoms with E-state index in [2.05, 4.69) is 20.5 Å². The van der Waals surface area contributed by atoms with E-state index in [0.29, 0.717) is 17.1 Å². The lowest BCUT2D eigenvalue weighted by atomic mass is 9.96. The molecular formula is C23H27N5O2. The first-order chi connectivity index (χ1) is 14.7. The molecule has 2 saturated heterocycles. The molecule has 1 unspecified atom stereocenters. The summed E-state index contributed by atoms with van der Waals surface area (Å²) in [6, 6.07) is 11.0. The minimum atomic E-state index is -0.337. The Bertz CT molecular complexity index is 970. The number of amides is 3. The lowest BCUT2D eigenvalue weighted by molar-refractivity contribution is 0.0672. The van der Waals surface area contributed by atoms with Crippen molar-refractivity contribution in [2.24, 2.45) is 0 Å². The molecule has 1 aromatic heterocycles. The van der Waals surface area contributed by atoms with E-state index >= 15 is 0 Å². The van der Waals surface area contributed by atoms with E-state index in [0.717, 1.165) is 56.7 Å². The number of nitrogens with zero attached hydrogens (tertiary/aromatic N) is 3. The Morgan fingerprint density at radius 3 is 2.67 bits per heavy atom. The van der Waals surface area contributed by atoms with Crippen LogP contribution in [0.3, 0.4) is 0 Å². The van der Waals surface area contributed by atoms with E-state index in [9.17, 15) is 9.59 Å². The molecule has 1 atom stereocenters. The van der Waals surface area contributed by atoms with Crippen LogP contribution in [0.25, 0.3) is 0 Å². The zero-order chi connectivity index (χ0) is 20.5. The third-order valence-electron chi connectivity index (χ3n) is 6.31. The van der Waals surface area contributed by atoms with Crippen LogP contribution >= 0.6 is 0 Å². The van der Waals surface area contributed by atoms with E-state index in [1.165, 1.54) is 12.8 Å². The van der Waals surface area contributed by atoms with Gasteiger partial charge >= 0.3 is 6.03 Å². The number of piperidine rings is 1. The van der Waals surface area contributed by atoms with Crippen molar-refractivity contribution in [2.75, 3.05) is 30.3 Å². The highest BCUT2D eigenvalue weighted by Crippen LogP contribution is 2.43. The first kappa shape index (κ1) is 19.1. The Labute approximate surface area is 176 Å². The lowest BCUT2D eigenvalue weighted by Crippen LogP contribution is -2.32. The van der Waals surface area contributed by atoms with Gasteiger partial charge in [0, 0.05) is 29.9 Å². The molecule has 7 nitrogen and oxygen atoms in total. The number of fused-ring (bicyclic) bond motifs is 3. The zero-order valence-electron chi connectivity index (χ0n) is 17.1. The highest BCUT2D eigenvalue weighted by Gasteiger charge is 2.39. The number of pyridine rings is 1. The highest BCUT2D eigenvalue weighted by atomic mass is 16.2. The zero-order valence-corrected chi connectivity index (χ0v) is 17.1. The van der Waals surface area contributed by atoms with Gasteiger partial charge in [-0.05, 0) is 69.5 Å². The Kier molecular flexibility index (Phi) is 5.12. The van der Waals surface area contributed by atoms with Crippen molar-refractivity contribution in [3.05, 3.63) is 53.2 Å². The number of carbonyl (C=O) groups excluding carboxylic acids is 2. The fraction of sp³-hybridized carbons (Fsp3) is 0.435. The number of urea groups is 1. The standard InChI is InChI=1S/C23H27N5O2/c29-22-17-8-6-9-18(21(17)19-10-1-2-14-28(19)22)25-23(30)26-20-11-5-7-16(24-20)15-27-12-3-4-13-27/h5-9,11,19H,1-4,10,12-15H2,(H2,24,25,26,30). The molecule has 0 radical (unpaired) electrons. The van der Waals surface area contributed by atoms with E-state index in [-0.39, 0.29) is 18.0 Å². The molecule has 156 valence electrons. The average Bonchev–Trinajstić information content (AvgIpc) is 3.36. The molecule has 0 saturated carbocycles. The molecule has 3 aliphatic rings. The van der Waals surface area contributed by atoms with Crippen molar-refractivity contribution in [1.82, 2.24) is 14.8 Å². The number of nitrogens with one attached hydrogen (secondary N) is 2. The summed E-state index contributed by atoms with van der Waals surface area (Å²) in [6.07, 6.45) is 5.56. The first-order valence-electron chi connectivity index (χ1n) is 10.9. The molecule has 2 fully saturated rings. The molecule has 2 N–H and O–H groups in total. The molecule has 5 rings (SSSR count). The van der Waals surface area contributed by atoms with Crippen LogP contribution in [0.1, 0.15) is 59.8 Å². The number of benzene rings is 1. The van der Waals surface area contributed by atoms with Gasteiger partial charge in [0.2, 0.25) is 0 Å². The molecule has 1 aromatic carbocycles. The van der Waals surface area contributed by atoms with Crippen LogP contribution in [-0.2, 0) is 6.54 Å². The summed E-state index contributed by atoms with van der Waals surface area (Å²) in [4.78, 5) is 34.3. The minimum Gasteiger partial charge on any atom is -0.331 e. The van der Waals surface area contributed by atoms with Crippen molar-refractivity contribution in [3.63, 3.8) is 0 Å². The molecule has 0 bridgehead atoms. The Morgan fingerprint density at radius 2 is 1.80 bits per heavy atom. The molecular weight excluding hydrogens is 378 g/mol. The van der Waals surface area contributed by atoms with Gasteiger partial charge in [0.1, 0.15) is 5.82 Å². The number of hydrogen-bond donors (Lipinski definition) is 2. The molecule has 7 heteroatoms. The van der Waals surface area contributed by atoms with Crippen LogP contribution in [-0.4, -0.2) is 46.4 Å². The Hall–Kier alpha value is -2.93. The molecule has 30 heavy (non-hydrogen) atoms. The van der Waals surface area contributed by atoms with E-state index in [1.54, 1.807) is 6.07 Å². The molecule has 3 amide bonds. The van der Waals surface area contributed by atoms with Crippen molar-refractivity contribution < 1.29 is 9.59 Å². The molecule has 0 aliphatic carbocycles. The van der Waals surface area contributed by atoms with Gasteiger partial charge in [0.05, 0.1) is 11.7 Å². The number of carbonyl (C=O) groups is 2. The van der Waals surface area contributed by atoms with Crippen LogP contribution in [0, 0.1) is 0 Å². The second-order valence-electron chi connectivity index (χ2n) is 8.35. The van der Waals surface area contributed by atoms with Gasteiger partial charge in [-0.2, -0.15) is 0 Å². The number of hydrogen-bond acceptors (Lipinski definition) is 4. The lowest BCUT2D eigenvalue weighted by Gasteiger charge is -2.30. The highest BCUT2D eigenvalue weighted by molar-refractivity contribution is 6.04. The van der Waals surface area contributed by atoms with Crippen LogP contribution in [0.5, 0.6) is 0 Å². The summed E-state index contributed by atoms with van der Waals surface area (Å²) < 4.78 is 0. The molecule has 2 aromatic rings. The first-order valence-corrected chi connectivity index (χ1v) is 10.9. The van der Waals surface area contributed by atoms with Crippen LogP contribution < -0.4 is 10.6 Å². The maximum atomic E-state index is 12.7. The number of aromatic nitrogens is 1. The third kappa shape index (κ3) is 3.65. The second kappa shape index (κ2) is 8.07. The van der Waals surface area contributed by atoms with Crippen molar-refractivity contribution in [1.29, 1.82) is 0 Å². The van der Waals surface area contributed by atoms with Gasteiger partial charge in [-0.25, -0.2) is 9.78 Å². The van der Waals surface area contributed by atoms with Gasteiger partial charge in [-0.1, -0.05) is 12.1 Å². The fourth-order valence-electron chi connectivity index (χ4n) is 4.93. The predicted molar refractivity (Wildman–Crippen MR) is 115 cm³/mol. The maximum Gasteiger partial charge on any atom is 0.324 e. The van der Waals surface area contributed by atoms with Crippen molar-refractivity contribution in [3.8, 4) is 0 Å². The SMILES string of the molecule is O=C(Nc1cccc(CN2CCCC2)n1)Nc1cccc2c1C1CCCCN1C2=O. The Balaban J connectivity index is 1.30.